The molecule has 0 spiro atoms. The van der Waals surface area contributed by atoms with Crippen LogP contribution in [-0.4, -0.2) is 38.6 Å². The van der Waals surface area contributed by atoms with E-state index >= 15 is 0 Å². The van der Waals surface area contributed by atoms with Crippen LogP contribution in [0.4, 0.5) is 0 Å². The molecule has 0 bridgehead atoms. The number of rotatable bonds is 8. The molecule has 4 rings (SSSR count). The van der Waals surface area contributed by atoms with E-state index < -0.39 is 11.2 Å². The van der Waals surface area contributed by atoms with Gasteiger partial charge in [-0.25, -0.2) is 0 Å². The van der Waals surface area contributed by atoms with Crippen molar-refractivity contribution in [2.24, 2.45) is 13.0 Å². The molecule has 1 aliphatic rings. The molecule has 30 heavy (non-hydrogen) atoms. The summed E-state index contributed by atoms with van der Waals surface area (Å²) >= 11 is -1.02. The molecule has 2 aromatic heterocycles. The Morgan fingerprint density at radius 3 is 2.67 bits per heavy atom. The van der Waals surface area contributed by atoms with Gasteiger partial charge in [-0.2, -0.15) is 4.98 Å². The van der Waals surface area contributed by atoms with Crippen LogP contribution in [0.25, 0.3) is 22.2 Å². The number of methoxy groups -OCH3 is 1. The monoisotopic (exact) mass is 429 g/mol. The van der Waals surface area contributed by atoms with Crippen molar-refractivity contribution in [3.05, 3.63) is 40.3 Å². The van der Waals surface area contributed by atoms with E-state index in [9.17, 15) is 9.35 Å². The first-order valence-electron chi connectivity index (χ1n) is 10.1. The molecule has 0 amide bonds. The van der Waals surface area contributed by atoms with Crippen LogP contribution >= 0.6 is 0 Å². The highest BCUT2D eigenvalue weighted by molar-refractivity contribution is 7.89. The number of pyridine rings is 1. The van der Waals surface area contributed by atoms with Crippen LogP contribution < -0.4 is 15.0 Å². The summed E-state index contributed by atoms with van der Waals surface area (Å²) in [6.45, 7) is 3.35. The van der Waals surface area contributed by atoms with Crippen molar-refractivity contribution >= 4 is 22.2 Å². The van der Waals surface area contributed by atoms with Crippen molar-refractivity contribution in [2.45, 2.75) is 32.1 Å². The first-order chi connectivity index (χ1) is 14.4. The van der Waals surface area contributed by atoms with Gasteiger partial charge in [-0.15, -0.1) is 0 Å². The lowest BCUT2D eigenvalue weighted by Crippen LogP contribution is -2.17. The van der Waals surface area contributed by atoms with Crippen LogP contribution in [0.3, 0.4) is 0 Å². The second-order valence-electron chi connectivity index (χ2n) is 7.82. The molecule has 0 saturated heterocycles. The van der Waals surface area contributed by atoms with Crippen molar-refractivity contribution in [3.63, 3.8) is 0 Å². The topological polar surface area (TPSA) is 81.3 Å². The van der Waals surface area contributed by atoms with Crippen molar-refractivity contribution in [1.29, 1.82) is 0 Å². The van der Waals surface area contributed by atoms with Crippen LogP contribution in [0, 0.1) is 5.92 Å². The Morgan fingerprint density at radius 2 is 2.03 bits per heavy atom. The zero-order valence-corrected chi connectivity index (χ0v) is 18.6. The van der Waals surface area contributed by atoms with Gasteiger partial charge in [-0.3, -0.25) is 9.36 Å². The molecule has 8 heteroatoms. The van der Waals surface area contributed by atoms with E-state index in [1.165, 1.54) is 24.5 Å². The summed E-state index contributed by atoms with van der Waals surface area (Å²) in [5, 5.41) is 0. The Labute approximate surface area is 178 Å². The molecule has 1 aromatic carbocycles. The normalized spacial score (nSPS) is 14.8. The predicted octanol–water partition coefficient (Wildman–Crippen LogP) is 3.10. The number of fused-ring (bicyclic) bond motifs is 1. The lowest BCUT2D eigenvalue weighted by atomic mass is 10.0. The maximum absolute atomic E-state index is 12.2. The Hall–Kier alpha value is -2.45. The fourth-order valence-electron chi connectivity index (χ4n) is 3.73. The van der Waals surface area contributed by atoms with Crippen LogP contribution in [-0.2, 0) is 30.5 Å². The van der Waals surface area contributed by atoms with Crippen LogP contribution in [0.1, 0.15) is 25.3 Å². The van der Waals surface area contributed by atoms with Gasteiger partial charge >= 0.3 is 0 Å². The van der Waals surface area contributed by atoms with E-state index in [-0.39, 0.29) is 11.3 Å². The van der Waals surface area contributed by atoms with Crippen molar-refractivity contribution < 1.29 is 14.0 Å². The Bertz CT molecular complexity index is 1130. The fraction of sp³-hybridized carbons (Fsp3) is 0.455. The minimum atomic E-state index is -1.02. The zero-order chi connectivity index (χ0) is 21.4. The Morgan fingerprint density at radius 1 is 1.27 bits per heavy atom. The van der Waals surface area contributed by atoms with E-state index in [1.54, 1.807) is 25.6 Å². The molecule has 0 radical (unpaired) electrons. The van der Waals surface area contributed by atoms with Gasteiger partial charge in [0.2, 0.25) is 0 Å². The molecular weight excluding hydrogens is 402 g/mol. The van der Waals surface area contributed by atoms with Gasteiger partial charge in [-0.1, -0.05) is 11.2 Å². The van der Waals surface area contributed by atoms with Gasteiger partial charge in [0.05, 0.1) is 25.5 Å². The van der Waals surface area contributed by atoms with Crippen LogP contribution in [0.15, 0.2) is 29.2 Å². The molecule has 0 N–H and O–H groups in total. The first-order valence-corrected chi connectivity index (χ1v) is 11.8. The number of hydrogen-bond donors (Lipinski definition) is 0. The molecular formula is C22H27N3O4S. The second-order valence-corrected chi connectivity index (χ2v) is 9.25. The summed E-state index contributed by atoms with van der Waals surface area (Å²) in [6.07, 6.45) is 5.92. The van der Waals surface area contributed by atoms with Gasteiger partial charge in [0.15, 0.2) is 5.75 Å². The van der Waals surface area contributed by atoms with Gasteiger partial charge < -0.3 is 18.6 Å². The third-order valence-corrected chi connectivity index (χ3v) is 6.09. The maximum atomic E-state index is 12.2. The van der Waals surface area contributed by atoms with Gasteiger partial charge in [0, 0.05) is 30.9 Å². The predicted molar refractivity (Wildman–Crippen MR) is 119 cm³/mol. The molecule has 2 heterocycles. The fourth-order valence-corrected chi connectivity index (χ4v) is 4.39. The van der Waals surface area contributed by atoms with E-state index in [2.05, 4.69) is 10.6 Å². The summed E-state index contributed by atoms with van der Waals surface area (Å²) in [4.78, 5) is 17.0. The minimum absolute atomic E-state index is 0.186. The van der Waals surface area contributed by atoms with Crippen molar-refractivity contribution in [2.75, 3.05) is 20.0 Å². The molecule has 3 aromatic rings. The van der Waals surface area contributed by atoms with E-state index in [0.717, 1.165) is 34.3 Å². The Kier molecular flexibility index (Phi) is 5.79. The molecule has 160 valence electrons. The van der Waals surface area contributed by atoms with Crippen molar-refractivity contribution in [3.8, 4) is 22.9 Å². The van der Waals surface area contributed by atoms with Gasteiger partial charge in [-0.05, 0) is 49.4 Å². The van der Waals surface area contributed by atoms with Gasteiger partial charge in [0.1, 0.15) is 11.3 Å². The number of hydrogen-bond acceptors (Lipinski definition) is 5. The maximum Gasteiger partial charge on any atom is 0.297 e. The number of ether oxygens (including phenoxy) is 2. The molecule has 1 atom stereocenters. The summed E-state index contributed by atoms with van der Waals surface area (Å²) in [5.74, 6) is 1.34. The number of benzene rings is 1. The number of aryl methyl sites for hydroxylation is 1. The highest BCUT2D eigenvalue weighted by atomic mass is 32.2. The third-order valence-electron chi connectivity index (χ3n) is 5.37. The summed E-state index contributed by atoms with van der Waals surface area (Å²) < 4.78 is 26.9. The standard InChI is InChI=1S/C22H27N3O4S/c1-5-29-22-23-20-17(13-30(4)27)8-15(9-18(20)25(22)11-14-6-7-14)16-10-19(28-3)21(26)24(2)12-16/h8-10,12,14H,5-7,11,13H2,1-4H3. The van der Waals surface area contributed by atoms with Gasteiger partial charge in [0.25, 0.3) is 11.6 Å². The average molecular weight is 430 g/mol. The highest BCUT2D eigenvalue weighted by Crippen LogP contribution is 2.36. The van der Waals surface area contributed by atoms with E-state index in [1.807, 2.05) is 13.0 Å². The summed E-state index contributed by atoms with van der Waals surface area (Å²) in [6, 6.07) is 6.45. The molecule has 0 aliphatic heterocycles. The number of imidazole rings is 1. The second kappa shape index (κ2) is 8.35. The first kappa shape index (κ1) is 20.8. The molecule has 1 unspecified atom stereocenters. The summed E-state index contributed by atoms with van der Waals surface area (Å²) in [5.41, 5.74) is 4.31. The lowest BCUT2D eigenvalue weighted by Gasteiger charge is -2.12. The number of aromatic nitrogens is 3. The number of nitrogens with zero attached hydrogens (tertiary/aromatic N) is 3. The van der Waals surface area contributed by atoms with Crippen molar-refractivity contribution in [1.82, 2.24) is 14.1 Å². The van der Waals surface area contributed by atoms with E-state index in [4.69, 9.17) is 14.5 Å². The smallest absolute Gasteiger partial charge is 0.297 e. The highest BCUT2D eigenvalue weighted by Gasteiger charge is 2.26. The SMILES string of the molecule is CCOc1nc2c(C[S+](C)[O-])cc(-c3cc(OC)c(=O)n(C)c3)cc2n1CC1CC1. The van der Waals surface area contributed by atoms with E-state index in [0.29, 0.717) is 24.3 Å². The third kappa shape index (κ3) is 4.06. The Balaban J connectivity index is 1.94. The zero-order valence-electron chi connectivity index (χ0n) is 17.8. The summed E-state index contributed by atoms with van der Waals surface area (Å²) in [7, 11) is 3.20. The molecule has 1 fully saturated rings. The van der Waals surface area contributed by atoms with Crippen LogP contribution in [0.2, 0.25) is 0 Å². The molecule has 7 nitrogen and oxygen atoms in total. The molecule has 1 aliphatic carbocycles. The average Bonchev–Trinajstić information content (AvgIpc) is 3.46. The molecule has 1 saturated carbocycles. The largest absolute Gasteiger partial charge is 0.616 e. The quantitative estimate of drug-likeness (QED) is 0.514. The van der Waals surface area contributed by atoms with Crippen LogP contribution in [0.5, 0.6) is 11.8 Å². The minimum Gasteiger partial charge on any atom is -0.616 e. The lowest BCUT2D eigenvalue weighted by molar-refractivity contribution is 0.296.